The lowest BCUT2D eigenvalue weighted by molar-refractivity contribution is 0.0887. The molecular formula is C17H20N4O3S4. The molecular weight excluding hydrogens is 436 g/mol. The Morgan fingerprint density at radius 1 is 1.04 bits per heavy atom. The molecule has 0 unspecified atom stereocenters. The molecule has 28 heavy (non-hydrogen) atoms. The fourth-order valence-electron chi connectivity index (χ4n) is 3.23. The van der Waals surface area contributed by atoms with E-state index in [9.17, 15) is 13.2 Å². The van der Waals surface area contributed by atoms with Crippen molar-refractivity contribution in [1.29, 1.82) is 0 Å². The van der Waals surface area contributed by atoms with Crippen LogP contribution in [0.1, 0.15) is 29.6 Å². The Labute approximate surface area is 176 Å². The van der Waals surface area contributed by atoms with Gasteiger partial charge in [-0.1, -0.05) is 53.4 Å². The second kappa shape index (κ2) is 8.70. The molecule has 0 atom stereocenters. The van der Waals surface area contributed by atoms with E-state index in [1.54, 1.807) is 30.0 Å². The maximum Gasteiger partial charge on any atom is 0.269 e. The van der Waals surface area contributed by atoms with Crippen molar-refractivity contribution in [2.75, 3.05) is 31.3 Å². The van der Waals surface area contributed by atoms with Crippen LogP contribution in [-0.4, -0.2) is 65.0 Å². The highest BCUT2D eigenvalue weighted by molar-refractivity contribution is 8.03. The van der Waals surface area contributed by atoms with E-state index in [2.05, 4.69) is 15.1 Å². The fraction of sp³-hybridized carbons (Fsp3) is 0.471. The molecule has 0 bridgehead atoms. The quantitative estimate of drug-likeness (QED) is 0.588. The van der Waals surface area contributed by atoms with Crippen molar-refractivity contribution in [2.24, 2.45) is 0 Å². The lowest BCUT2D eigenvalue weighted by atomic mass is 10.1. The van der Waals surface area contributed by atoms with Crippen LogP contribution in [0.5, 0.6) is 0 Å². The molecule has 1 amide bonds. The van der Waals surface area contributed by atoms with Gasteiger partial charge in [0.1, 0.15) is 4.90 Å². The molecule has 1 aromatic carbocycles. The molecule has 2 aliphatic heterocycles. The Bertz CT molecular complexity index is 957. The first-order valence-electron chi connectivity index (χ1n) is 9.03. The van der Waals surface area contributed by atoms with E-state index in [1.807, 2.05) is 0 Å². The molecule has 3 heterocycles. The largest absolute Gasteiger partial charge is 0.303 e. The SMILES string of the molecule is O=C1c2ccccc2S(=O)(=O)N1CSc1nnc(SCCN2CCCCC2)s1. The van der Waals surface area contributed by atoms with E-state index in [1.165, 1.54) is 61.5 Å². The monoisotopic (exact) mass is 456 g/mol. The zero-order chi connectivity index (χ0) is 19.6. The Balaban J connectivity index is 1.31. The van der Waals surface area contributed by atoms with Crippen LogP contribution in [0.2, 0.25) is 0 Å². The van der Waals surface area contributed by atoms with Crippen LogP contribution in [0.15, 0.2) is 37.8 Å². The molecule has 4 rings (SSSR count). The smallest absolute Gasteiger partial charge is 0.269 e. The summed E-state index contributed by atoms with van der Waals surface area (Å²) >= 11 is 4.34. The number of piperidine rings is 1. The summed E-state index contributed by atoms with van der Waals surface area (Å²) in [5.74, 6) is 0.486. The molecule has 0 N–H and O–H groups in total. The number of amides is 1. The average Bonchev–Trinajstić information content (AvgIpc) is 3.23. The van der Waals surface area contributed by atoms with E-state index < -0.39 is 15.9 Å². The van der Waals surface area contributed by atoms with Gasteiger partial charge in [-0.3, -0.25) is 4.79 Å². The second-order valence-electron chi connectivity index (χ2n) is 6.51. The van der Waals surface area contributed by atoms with Crippen molar-refractivity contribution in [3.8, 4) is 0 Å². The summed E-state index contributed by atoms with van der Waals surface area (Å²) in [5, 5.41) is 8.31. The molecule has 1 aromatic heterocycles. The van der Waals surface area contributed by atoms with Crippen LogP contribution in [0, 0.1) is 0 Å². The van der Waals surface area contributed by atoms with Gasteiger partial charge in [-0.25, -0.2) is 12.7 Å². The van der Waals surface area contributed by atoms with Crippen molar-refractivity contribution >= 4 is 50.8 Å². The first-order chi connectivity index (χ1) is 13.6. The molecule has 150 valence electrons. The number of hydrogen-bond donors (Lipinski definition) is 0. The molecule has 2 aromatic rings. The summed E-state index contributed by atoms with van der Waals surface area (Å²) in [6, 6.07) is 6.30. The van der Waals surface area contributed by atoms with Gasteiger partial charge in [0.25, 0.3) is 15.9 Å². The van der Waals surface area contributed by atoms with Crippen molar-refractivity contribution in [2.45, 2.75) is 32.8 Å². The number of nitrogens with zero attached hydrogens (tertiary/aromatic N) is 4. The summed E-state index contributed by atoms with van der Waals surface area (Å²) < 4.78 is 27.6. The van der Waals surface area contributed by atoms with Crippen LogP contribution in [0.25, 0.3) is 0 Å². The van der Waals surface area contributed by atoms with Crippen LogP contribution in [0.3, 0.4) is 0 Å². The average molecular weight is 457 g/mol. The molecule has 0 radical (unpaired) electrons. The Morgan fingerprint density at radius 2 is 1.75 bits per heavy atom. The van der Waals surface area contributed by atoms with Gasteiger partial charge in [0.05, 0.1) is 11.4 Å². The zero-order valence-corrected chi connectivity index (χ0v) is 18.4. The number of thioether (sulfide) groups is 2. The number of rotatable bonds is 7. The predicted molar refractivity (Wildman–Crippen MR) is 111 cm³/mol. The Kier molecular flexibility index (Phi) is 6.26. The van der Waals surface area contributed by atoms with Gasteiger partial charge in [-0.2, -0.15) is 0 Å². The number of carbonyl (C=O) groups is 1. The van der Waals surface area contributed by atoms with Gasteiger partial charge >= 0.3 is 0 Å². The molecule has 11 heteroatoms. The molecule has 0 saturated carbocycles. The van der Waals surface area contributed by atoms with Crippen molar-refractivity contribution in [1.82, 2.24) is 19.4 Å². The van der Waals surface area contributed by atoms with Crippen molar-refractivity contribution < 1.29 is 13.2 Å². The summed E-state index contributed by atoms with van der Waals surface area (Å²) in [6.45, 7) is 3.41. The molecule has 2 aliphatic rings. The highest BCUT2D eigenvalue weighted by Gasteiger charge is 2.40. The minimum atomic E-state index is -3.78. The van der Waals surface area contributed by atoms with E-state index in [0.29, 0.717) is 4.34 Å². The summed E-state index contributed by atoms with van der Waals surface area (Å²) in [5.41, 5.74) is 0.231. The summed E-state index contributed by atoms with van der Waals surface area (Å²) in [7, 11) is -3.78. The number of hydrogen-bond acceptors (Lipinski definition) is 9. The minimum absolute atomic E-state index is 0.00290. The number of benzene rings is 1. The molecule has 1 fully saturated rings. The van der Waals surface area contributed by atoms with E-state index in [-0.39, 0.29) is 16.3 Å². The molecule has 1 saturated heterocycles. The highest BCUT2D eigenvalue weighted by Crippen LogP contribution is 2.34. The number of sulfonamides is 1. The van der Waals surface area contributed by atoms with Crippen molar-refractivity contribution in [3.63, 3.8) is 0 Å². The Morgan fingerprint density at radius 3 is 2.50 bits per heavy atom. The normalized spacial score (nSPS) is 19.1. The number of aromatic nitrogens is 2. The van der Waals surface area contributed by atoms with Gasteiger partial charge in [0.2, 0.25) is 0 Å². The second-order valence-corrected chi connectivity index (χ2v) is 11.9. The van der Waals surface area contributed by atoms with E-state index in [4.69, 9.17) is 0 Å². The predicted octanol–water partition coefficient (Wildman–Crippen LogP) is 3.01. The number of fused-ring (bicyclic) bond motifs is 1. The first-order valence-corrected chi connectivity index (χ1v) is 13.3. The molecule has 0 aliphatic carbocycles. The van der Waals surface area contributed by atoms with Gasteiger partial charge in [0.15, 0.2) is 8.68 Å². The van der Waals surface area contributed by atoms with Gasteiger partial charge in [0, 0.05) is 12.3 Å². The highest BCUT2D eigenvalue weighted by atomic mass is 32.2. The van der Waals surface area contributed by atoms with Crippen molar-refractivity contribution in [3.05, 3.63) is 29.8 Å². The molecule has 0 spiro atoms. The maximum atomic E-state index is 12.6. The zero-order valence-electron chi connectivity index (χ0n) is 15.1. The molecule has 7 nitrogen and oxygen atoms in total. The maximum absolute atomic E-state index is 12.6. The topological polar surface area (TPSA) is 83.5 Å². The van der Waals surface area contributed by atoms with Crippen LogP contribution < -0.4 is 0 Å². The summed E-state index contributed by atoms with van der Waals surface area (Å²) in [6.07, 6.45) is 3.90. The van der Waals surface area contributed by atoms with E-state index in [0.717, 1.165) is 20.9 Å². The number of likely N-dealkylation sites (tertiary alicyclic amines) is 1. The van der Waals surface area contributed by atoms with Crippen LogP contribution in [0.4, 0.5) is 0 Å². The van der Waals surface area contributed by atoms with Gasteiger partial charge < -0.3 is 4.90 Å². The summed E-state index contributed by atoms with van der Waals surface area (Å²) in [4.78, 5) is 15.0. The van der Waals surface area contributed by atoms with Gasteiger partial charge in [-0.05, 0) is 38.1 Å². The van der Waals surface area contributed by atoms with Crippen LogP contribution in [-0.2, 0) is 10.0 Å². The lowest BCUT2D eigenvalue weighted by Crippen LogP contribution is -2.31. The third kappa shape index (κ3) is 4.23. The van der Waals surface area contributed by atoms with Crippen LogP contribution >= 0.6 is 34.9 Å². The number of carbonyl (C=O) groups excluding carboxylic acids is 1. The third-order valence-corrected chi connectivity index (χ3v) is 9.79. The lowest BCUT2D eigenvalue weighted by Gasteiger charge is -2.25. The minimum Gasteiger partial charge on any atom is -0.303 e. The van der Waals surface area contributed by atoms with Gasteiger partial charge in [-0.15, -0.1) is 10.2 Å². The standard InChI is InChI=1S/C17H20N4O3S4/c22-15-13-6-2-3-7-14(13)28(23,24)21(15)12-26-17-19-18-16(27-17)25-11-10-20-8-4-1-5-9-20/h2-3,6-7H,1,4-5,8-12H2. The first kappa shape index (κ1) is 20.1. The third-order valence-electron chi connectivity index (χ3n) is 4.69. The fourth-order valence-corrected chi connectivity index (χ4v) is 8.07. The van der Waals surface area contributed by atoms with E-state index >= 15 is 0 Å². The Hall–Kier alpha value is -1.14.